The highest BCUT2D eigenvalue weighted by atomic mass is 16.3. The molecule has 0 aliphatic heterocycles. The summed E-state index contributed by atoms with van der Waals surface area (Å²) in [5.41, 5.74) is 8.90. The number of imidazole rings is 1. The Morgan fingerprint density at radius 1 is 0.500 bits per heavy atom. The Morgan fingerprint density at radius 2 is 1.17 bits per heavy atom. The van der Waals surface area contributed by atoms with E-state index in [1.807, 2.05) is 36.4 Å². The van der Waals surface area contributed by atoms with Crippen LogP contribution in [0.1, 0.15) is 0 Å². The molecule has 0 fully saturated rings. The lowest BCUT2D eigenvalue weighted by atomic mass is 9.91. The molecule has 0 unspecified atom stereocenters. The number of fused-ring (bicyclic) bond motifs is 4. The Bertz CT molecular complexity index is 2590. The van der Waals surface area contributed by atoms with Crippen molar-refractivity contribution in [1.29, 1.82) is 0 Å². The summed E-state index contributed by atoms with van der Waals surface area (Å²) < 4.78 is 2.23. The van der Waals surface area contributed by atoms with Gasteiger partial charge >= 0.3 is 0 Å². The Morgan fingerprint density at radius 3 is 1.98 bits per heavy atom. The van der Waals surface area contributed by atoms with Crippen LogP contribution in [0.4, 0.5) is 0 Å². The van der Waals surface area contributed by atoms with E-state index in [1.54, 1.807) is 6.20 Å². The van der Waals surface area contributed by atoms with Gasteiger partial charge in [-0.3, -0.25) is 9.55 Å². The number of nitrogens with zero attached hydrogens (tertiary/aromatic N) is 3. The molecular weight excluding hydrogens is 562 g/mol. The Hall–Kier alpha value is -6.26. The van der Waals surface area contributed by atoms with E-state index in [0.717, 1.165) is 66.3 Å². The molecule has 4 nitrogen and oxygen atoms in total. The van der Waals surface area contributed by atoms with Crippen LogP contribution in [0.15, 0.2) is 158 Å². The average molecular weight is 590 g/mol. The Labute approximate surface area is 265 Å². The van der Waals surface area contributed by atoms with Gasteiger partial charge in [-0.05, 0) is 86.8 Å². The number of para-hydroxylation sites is 3. The van der Waals surface area contributed by atoms with Gasteiger partial charge < -0.3 is 5.11 Å². The molecule has 0 amide bonds. The van der Waals surface area contributed by atoms with E-state index in [0.29, 0.717) is 5.52 Å². The molecule has 0 aliphatic carbocycles. The minimum Gasteiger partial charge on any atom is -0.505 e. The maximum atomic E-state index is 11.2. The van der Waals surface area contributed by atoms with Crippen molar-refractivity contribution in [2.75, 3.05) is 0 Å². The maximum absolute atomic E-state index is 11.2. The Balaban J connectivity index is 1.16. The fraction of sp³-hybridized carbons (Fsp3) is 0. The van der Waals surface area contributed by atoms with Crippen LogP contribution in [0.2, 0.25) is 0 Å². The molecular formula is C42H27N3O. The summed E-state index contributed by atoms with van der Waals surface area (Å²) in [5.74, 6) is 1.13. The lowest BCUT2D eigenvalue weighted by Gasteiger charge is -2.14. The molecule has 216 valence electrons. The van der Waals surface area contributed by atoms with Crippen LogP contribution in [0.25, 0.3) is 82.8 Å². The Kier molecular flexibility index (Phi) is 5.93. The average Bonchev–Trinajstić information content (AvgIpc) is 3.51. The third-order valence-electron chi connectivity index (χ3n) is 8.95. The summed E-state index contributed by atoms with van der Waals surface area (Å²) in [6.07, 6.45) is 1.72. The molecule has 1 N–H and O–H groups in total. The van der Waals surface area contributed by atoms with E-state index >= 15 is 0 Å². The van der Waals surface area contributed by atoms with Crippen LogP contribution in [0, 0.1) is 0 Å². The molecule has 0 bridgehead atoms. The van der Waals surface area contributed by atoms with Crippen molar-refractivity contribution in [1.82, 2.24) is 14.5 Å². The monoisotopic (exact) mass is 589 g/mol. The molecule has 2 heterocycles. The predicted molar refractivity (Wildman–Crippen MR) is 189 cm³/mol. The van der Waals surface area contributed by atoms with Gasteiger partial charge in [0.25, 0.3) is 0 Å². The van der Waals surface area contributed by atoms with Crippen LogP contribution in [-0.4, -0.2) is 19.6 Å². The summed E-state index contributed by atoms with van der Waals surface area (Å²) in [6, 6.07) is 52.5. The second kappa shape index (κ2) is 10.4. The molecule has 46 heavy (non-hydrogen) atoms. The lowest BCUT2D eigenvalue weighted by molar-refractivity contribution is 0.482. The van der Waals surface area contributed by atoms with Crippen LogP contribution in [-0.2, 0) is 0 Å². The quantitative estimate of drug-likeness (QED) is 0.208. The van der Waals surface area contributed by atoms with Gasteiger partial charge in [-0.15, -0.1) is 0 Å². The van der Waals surface area contributed by atoms with Crippen LogP contribution >= 0.6 is 0 Å². The molecule has 2 aromatic heterocycles. The molecule has 7 aromatic carbocycles. The zero-order chi connectivity index (χ0) is 30.6. The predicted octanol–water partition coefficient (Wildman–Crippen LogP) is 10.6. The van der Waals surface area contributed by atoms with E-state index < -0.39 is 0 Å². The molecule has 0 radical (unpaired) electrons. The highest BCUT2D eigenvalue weighted by molar-refractivity contribution is 6.10. The van der Waals surface area contributed by atoms with Crippen molar-refractivity contribution in [3.63, 3.8) is 0 Å². The molecule has 9 aromatic rings. The van der Waals surface area contributed by atoms with Crippen LogP contribution in [0.3, 0.4) is 0 Å². The van der Waals surface area contributed by atoms with E-state index in [-0.39, 0.29) is 5.75 Å². The van der Waals surface area contributed by atoms with E-state index in [4.69, 9.17) is 4.98 Å². The first kappa shape index (κ1) is 26.2. The third kappa shape index (κ3) is 4.15. The molecule has 4 heteroatoms. The number of hydrogen-bond acceptors (Lipinski definition) is 3. The summed E-state index contributed by atoms with van der Waals surface area (Å²) in [6.45, 7) is 0. The number of phenols is 1. The van der Waals surface area contributed by atoms with E-state index in [2.05, 4.69) is 125 Å². The van der Waals surface area contributed by atoms with E-state index in [9.17, 15) is 5.11 Å². The van der Waals surface area contributed by atoms with E-state index in [1.165, 1.54) is 10.9 Å². The molecule has 9 rings (SSSR count). The second-order valence-corrected chi connectivity index (χ2v) is 11.6. The number of benzene rings is 7. The van der Waals surface area contributed by atoms with Crippen LogP contribution < -0.4 is 0 Å². The number of rotatable bonds is 4. The van der Waals surface area contributed by atoms with Crippen molar-refractivity contribution in [2.45, 2.75) is 0 Å². The number of pyridine rings is 1. The highest BCUT2D eigenvalue weighted by Crippen LogP contribution is 2.41. The van der Waals surface area contributed by atoms with Crippen LogP contribution in [0.5, 0.6) is 5.75 Å². The van der Waals surface area contributed by atoms with Gasteiger partial charge in [0.05, 0.1) is 11.0 Å². The SMILES string of the molecule is Oc1c(-c2cccc3cc4c(-c5ccc(-c6nc7ccccc7n6-c6ccccc6)cc5)cccc4cc23)ccc2cccnc12. The van der Waals surface area contributed by atoms with Gasteiger partial charge in [-0.2, -0.15) is 0 Å². The summed E-state index contributed by atoms with van der Waals surface area (Å²) in [5, 5.41) is 16.7. The number of phenolic OH excluding ortho intramolecular Hbond substituents is 1. The first-order valence-corrected chi connectivity index (χ1v) is 15.4. The zero-order valence-corrected chi connectivity index (χ0v) is 24.8. The molecule has 0 saturated heterocycles. The number of aromatic nitrogens is 3. The van der Waals surface area contributed by atoms with Gasteiger partial charge in [-0.1, -0.05) is 103 Å². The van der Waals surface area contributed by atoms with Crippen molar-refractivity contribution < 1.29 is 5.11 Å². The number of aromatic hydroxyl groups is 1. The minimum absolute atomic E-state index is 0.209. The van der Waals surface area contributed by atoms with Crippen molar-refractivity contribution in [2.24, 2.45) is 0 Å². The van der Waals surface area contributed by atoms with Gasteiger partial charge in [0.15, 0.2) is 0 Å². The number of hydrogen-bond donors (Lipinski definition) is 1. The standard InChI is InChI=1S/C42H27N3O/c46-41-35(23-22-28-11-8-24-43-40(28)41)34-15-7-10-31-25-36-30(26-37(31)34)9-6-14-33(36)27-18-20-29(21-19-27)42-44-38-16-4-5-17-39(38)45(42)32-12-2-1-3-13-32/h1-26,46H. The molecule has 0 aliphatic rings. The lowest BCUT2D eigenvalue weighted by Crippen LogP contribution is -1.97. The first-order chi connectivity index (χ1) is 22.7. The summed E-state index contributed by atoms with van der Waals surface area (Å²) in [4.78, 5) is 9.49. The zero-order valence-electron chi connectivity index (χ0n) is 24.8. The normalized spacial score (nSPS) is 11.6. The smallest absolute Gasteiger partial charge is 0.149 e. The molecule has 0 spiro atoms. The first-order valence-electron chi connectivity index (χ1n) is 15.4. The van der Waals surface area contributed by atoms with Gasteiger partial charge in [0.2, 0.25) is 0 Å². The maximum Gasteiger partial charge on any atom is 0.149 e. The third-order valence-corrected chi connectivity index (χ3v) is 8.95. The minimum atomic E-state index is 0.209. The van der Waals surface area contributed by atoms with Crippen molar-refractivity contribution >= 4 is 43.5 Å². The largest absolute Gasteiger partial charge is 0.505 e. The summed E-state index contributed by atoms with van der Waals surface area (Å²) in [7, 11) is 0. The fourth-order valence-electron chi connectivity index (χ4n) is 6.74. The molecule has 0 atom stereocenters. The highest BCUT2D eigenvalue weighted by Gasteiger charge is 2.16. The fourth-order valence-corrected chi connectivity index (χ4v) is 6.74. The summed E-state index contributed by atoms with van der Waals surface area (Å²) >= 11 is 0. The van der Waals surface area contributed by atoms with Gasteiger partial charge in [0.1, 0.15) is 17.1 Å². The van der Waals surface area contributed by atoms with Gasteiger partial charge in [0, 0.05) is 28.4 Å². The molecule has 0 saturated carbocycles. The second-order valence-electron chi connectivity index (χ2n) is 11.6. The van der Waals surface area contributed by atoms with Gasteiger partial charge in [-0.25, -0.2) is 4.98 Å². The van der Waals surface area contributed by atoms with Crippen molar-refractivity contribution in [3.8, 4) is 45.1 Å². The topological polar surface area (TPSA) is 50.9 Å². The van der Waals surface area contributed by atoms with Crippen molar-refractivity contribution in [3.05, 3.63) is 158 Å².